The van der Waals surface area contributed by atoms with Crippen LogP contribution in [0.1, 0.15) is 26.0 Å². The second kappa shape index (κ2) is 13.6. The van der Waals surface area contributed by atoms with Gasteiger partial charge in [0.25, 0.3) is 5.56 Å². The lowest BCUT2D eigenvalue weighted by molar-refractivity contribution is -0.146. The van der Waals surface area contributed by atoms with Crippen molar-refractivity contribution in [2.45, 2.75) is 50.0 Å². The van der Waals surface area contributed by atoms with Crippen molar-refractivity contribution < 1.29 is 48.0 Å². The number of hydrogen-bond donors (Lipinski definition) is 5. The van der Waals surface area contributed by atoms with Gasteiger partial charge in [-0.3, -0.25) is 28.5 Å². The van der Waals surface area contributed by atoms with Crippen LogP contribution in [0.2, 0.25) is 0 Å². The Labute approximate surface area is 230 Å². The number of para-hydroxylation sites is 1. The zero-order valence-electron chi connectivity index (χ0n) is 21.4. The van der Waals surface area contributed by atoms with Gasteiger partial charge >= 0.3 is 25.4 Å². The van der Waals surface area contributed by atoms with Gasteiger partial charge < -0.3 is 29.3 Å². The van der Waals surface area contributed by atoms with Gasteiger partial charge in [-0.05, 0) is 31.0 Å². The summed E-state index contributed by atoms with van der Waals surface area (Å²) in [7, 11) is -4.72. The minimum absolute atomic E-state index is 0.0207. The third-order valence-corrected chi connectivity index (χ3v) is 7.23. The smallest absolute Gasteiger partial charge is 0.459 e. The lowest BCUT2D eigenvalue weighted by Crippen LogP contribution is -2.46. The van der Waals surface area contributed by atoms with Crippen molar-refractivity contribution in [2.24, 2.45) is 5.11 Å². The summed E-state index contributed by atoms with van der Waals surface area (Å²) in [5, 5.41) is 36.2. The molecule has 18 nitrogen and oxygen atoms in total. The maximum Gasteiger partial charge on any atom is 0.459 e. The highest BCUT2D eigenvalue weighted by Gasteiger charge is 2.56. The molecule has 0 amide bonds. The SMILES string of the molecule is CCOC(=O)[C@H](CCC(=O)O)NP(=O)(OCC1(N=[N+]=[N-])O[C@@H](n2ccc(=O)[nH]c2=O)[C@@H](O)[C@H]1O)Oc1ccccc1. The summed E-state index contributed by atoms with van der Waals surface area (Å²) < 4.78 is 36.1. The molecule has 3 rings (SSSR count). The first-order valence-corrected chi connectivity index (χ1v) is 13.5. The summed E-state index contributed by atoms with van der Waals surface area (Å²) in [6, 6.07) is 6.89. The Balaban J connectivity index is 1.95. The van der Waals surface area contributed by atoms with Gasteiger partial charge in [-0.15, -0.1) is 0 Å². The zero-order chi connectivity index (χ0) is 30.2. The van der Waals surface area contributed by atoms with E-state index < -0.39 is 80.6 Å². The molecule has 222 valence electrons. The molecular weight excluding hydrogens is 571 g/mol. The number of aromatic nitrogens is 2. The van der Waals surface area contributed by atoms with Crippen molar-refractivity contribution in [1.82, 2.24) is 14.6 Å². The van der Waals surface area contributed by atoms with Crippen molar-refractivity contribution in [3.63, 3.8) is 0 Å². The molecule has 19 heteroatoms. The van der Waals surface area contributed by atoms with E-state index in [0.29, 0.717) is 4.57 Å². The molecule has 1 aromatic carbocycles. The molecule has 0 spiro atoms. The van der Waals surface area contributed by atoms with Crippen molar-refractivity contribution in [2.75, 3.05) is 13.2 Å². The van der Waals surface area contributed by atoms with E-state index >= 15 is 0 Å². The number of azide groups is 1. The Morgan fingerprint density at radius 1 is 1.29 bits per heavy atom. The molecule has 0 saturated carbocycles. The number of carbonyl (C=O) groups excluding carboxylic acids is 1. The molecular formula is C22H27N6O12P. The molecule has 2 aromatic rings. The number of rotatable bonds is 14. The van der Waals surface area contributed by atoms with Crippen LogP contribution in [0.25, 0.3) is 10.4 Å². The Morgan fingerprint density at radius 2 is 2.00 bits per heavy atom. The fourth-order valence-corrected chi connectivity index (χ4v) is 5.30. The minimum Gasteiger partial charge on any atom is -0.481 e. The number of nitrogens with one attached hydrogen (secondary N) is 2. The molecule has 1 aromatic heterocycles. The summed E-state index contributed by atoms with van der Waals surface area (Å²) in [5.74, 6) is -2.25. The van der Waals surface area contributed by atoms with E-state index in [-0.39, 0.29) is 12.4 Å². The van der Waals surface area contributed by atoms with E-state index in [9.17, 15) is 39.5 Å². The van der Waals surface area contributed by atoms with Crippen LogP contribution in [0.4, 0.5) is 0 Å². The van der Waals surface area contributed by atoms with E-state index in [1.54, 1.807) is 6.07 Å². The number of carboxylic acids is 1. The Hall–Kier alpha value is -4.02. The van der Waals surface area contributed by atoms with Crippen molar-refractivity contribution in [3.05, 3.63) is 73.9 Å². The van der Waals surface area contributed by atoms with Crippen molar-refractivity contribution in [3.8, 4) is 5.75 Å². The van der Waals surface area contributed by atoms with Crippen LogP contribution < -0.4 is 20.9 Å². The van der Waals surface area contributed by atoms with Gasteiger partial charge in [0.2, 0.25) is 5.72 Å². The highest BCUT2D eigenvalue weighted by atomic mass is 31.2. The Bertz CT molecular complexity index is 1440. The van der Waals surface area contributed by atoms with Gasteiger partial charge in [0, 0.05) is 23.6 Å². The molecule has 1 saturated heterocycles. The summed E-state index contributed by atoms with van der Waals surface area (Å²) in [6.45, 7) is 0.342. The van der Waals surface area contributed by atoms with Gasteiger partial charge in [0.15, 0.2) is 6.23 Å². The number of nitrogens with zero attached hydrogens (tertiary/aromatic N) is 4. The molecule has 1 aliphatic heterocycles. The minimum atomic E-state index is -4.72. The van der Waals surface area contributed by atoms with Gasteiger partial charge in [0.1, 0.15) is 24.0 Å². The molecule has 0 bridgehead atoms. The first-order chi connectivity index (χ1) is 19.4. The number of ether oxygens (including phenoxy) is 2. The summed E-state index contributed by atoms with van der Waals surface area (Å²) in [6.07, 6.45) is -5.65. The topological polar surface area (TPSA) is 264 Å². The number of aliphatic hydroxyl groups is 2. The maximum atomic E-state index is 13.9. The first kappa shape index (κ1) is 31.5. The number of esters is 1. The molecule has 1 aliphatic rings. The number of benzene rings is 1. The van der Waals surface area contributed by atoms with Crippen LogP contribution in [0, 0.1) is 0 Å². The fraction of sp³-hybridized carbons (Fsp3) is 0.455. The Kier molecular flexibility index (Phi) is 10.4. The zero-order valence-corrected chi connectivity index (χ0v) is 22.3. The number of hydrogen-bond acceptors (Lipinski definition) is 12. The monoisotopic (exact) mass is 598 g/mol. The van der Waals surface area contributed by atoms with Crippen LogP contribution in [0.5, 0.6) is 5.75 Å². The average Bonchev–Trinajstić information content (AvgIpc) is 3.16. The second-order valence-electron chi connectivity index (χ2n) is 8.54. The number of carboxylic acid groups (broad SMARTS) is 1. The van der Waals surface area contributed by atoms with Crippen LogP contribution in [-0.4, -0.2) is 74.0 Å². The molecule has 2 unspecified atom stereocenters. The molecule has 0 aliphatic carbocycles. The van der Waals surface area contributed by atoms with Crippen molar-refractivity contribution >= 4 is 19.7 Å². The van der Waals surface area contributed by atoms with Crippen LogP contribution in [-0.2, 0) is 28.2 Å². The van der Waals surface area contributed by atoms with E-state index in [0.717, 1.165) is 12.3 Å². The quantitative estimate of drug-likeness (QED) is 0.0648. The molecule has 2 heterocycles. The summed E-state index contributed by atoms with van der Waals surface area (Å²) in [5.41, 5.74) is 4.90. The lowest BCUT2D eigenvalue weighted by Gasteiger charge is -2.30. The van der Waals surface area contributed by atoms with Crippen LogP contribution in [0.15, 0.2) is 57.3 Å². The first-order valence-electron chi connectivity index (χ1n) is 12.0. The molecule has 1 fully saturated rings. The maximum absolute atomic E-state index is 13.9. The largest absolute Gasteiger partial charge is 0.481 e. The van der Waals surface area contributed by atoms with Crippen molar-refractivity contribution in [1.29, 1.82) is 0 Å². The number of carbonyl (C=O) groups is 2. The molecule has 0 radical (unpaired) electrons. The highest BCUT2D eigenvalue weighted by molar-refractivity contribution is 7.52. The molecule has 6 atom stereocenters. The number of H-pyrrole nitrogens is 1. The normalized spacial score (nSPS) is 24.0. The molecule has 5 N–H and O–H groups in total. The summed E-state index contributed by atoms with van der Waals surface area (Å²) >= 11 is 0. The van der Waals surface area contributed by atoms with Crippen LogP contribution >= 0.6 is 7.75 Å². The standard InChI is InChI=1S/C22H27N6O12P/c1-2-37-20(34)14(8-9-16(30)31)25-41(36,40-13-6-4-3-5-7-13)38-12-22(26-27-23)18(33)17(32)19(39-22)28-11-10-15(29)24-21(28)35/h3-7,10-11,14,17-19,32-33H,2,8-9,12H2,1H3,(H,25,36)(H,30,31)(H,24,29,35)/t14-,17-,18+,19+,22?,41?/m0/s1. The number of aromatic amines is 1. The average molecular weight is 598 g/mol. The van der Waals surface area contributed by atoms with Gasteiger partial charge in [-0.1, -0.05) is 23.3 Å². The third kappa shape index (κ3) is 7.80. The Morgan fingerprint density at radius 3 is 2.61 bits per heavy atom. The van der Waals surface area contributed by atoms with Crippen LogP contribution in [0.3, 0.4) is 0 Å². The van der Waals surface area contributed by atoms with Gasteiger partial charge in [-0.25, -0.2) is 9.36 Å². The van der Waals surface area contributed by atoms with E-state index in [2.05, 4.69) is 15.1 Å². The molecule has 41 heavy (non-hydrogen) atoms. The van der Waals surface area contributed by atoms with Gasteiger partial charge in [0.05, 0.1) is 13.2 Å². The van der Waals surface area contributed by atoms with E-state index in [1.165, 1.54) is 31.2 Å². The van der Waals surface area contributed by atoms with Gasteiger partial charge in [-0.2, -0.15) is 5.09 Å². The number of aliphatic hydroxyl groups excluding tert-OH is 2. The lowest BCUT2D eigenvalue weighted by atomic mass is 10.1. The second-order valence-corrected chi connectivity index (χ2v) is 10.2. The summed E-state index contributed by atoms with van der Waals surface area (Å²) in [4.78, 5) is 51.9. The number of aliphatic carboxylic acids is 1. The van der Waals surface area contributed by atoms with E-state index in [4.69, 9.17) is 23.6 Å². The predicted molar refractivity (Wildman–Crippen MR) is 136 cm³/mol. The van der Waals surface area contributed by atoms with E-state index in [1.807, 2.05) is 4.98 Å². The highest BCUT2D eigenvalue weighted by Crippen LogP contribution is 2.48. The third-order valence-electron chi connectivity index (χ3n) is 5.68. The predicted octanol–water partition coefficient (Wildman–Crippen LogP) is 0.384. The fourth-order valence-electron chi connectivity index (χ4n) is 3.75.